The van der Waals surface area contributed by atoms with Gasteiger partial charge in [-0.05, 0) is 67.7 Å². The van der Waals surface area contributed by atoms with Crippen molar-refractivity contribution in [2.24, 2.45) is 11.3 Å². The summed E-state index contributed by atoms with van der Waals surface area (Å²) in [6.07, 6.45) is 5.71. The van der Waals surface area contributed by atoms with Crippen LogP contribution < -0.4 is 14.8 Å². The molecule has 4 saturated heterocycles. The number of nitrogens with zero attached hydrogens (tertiary/aromatic N) is 2. The Morgan fingerprint density at radius 2 is 1.94 bits per heavy atom. The Bertz CT molecular complexity index is 1280. The first kappa shape index (κ1) is 21.5. The van der Waals surface area contributed by atoms with Gasteiger partial charge in [-0.2, -0.15) is 0 Å². The minimum atomic E-state index is -0.780. The molecule has 2 bridgehead atoms. The molecule has 2 amide bonds. The predicted octanol–water partition coefficient (Wildman–Crippen LogP) is 3.60. The number of amides is 2. The van der Waals surface area contributed by atoms with Crippen LogP contribution in [0.25, 0.3) is 0 Å². The highest BCUT2D eigenvalue weighted by Crippen LogP contribution is 2.72. The molecular formula is C28H33N3O4. The van der Waals surface area contributed by atoms with E-state index in [2.05, 4.69) is 30.6 Å². The monoisotopic (exact) mass is 475 g/mol. The zero-order chi connectivity index (χ0) is 24.8. The molecular weight excluding hydrogens is 442 g/mol. The first-order chi connectivity index (χ1) is 16.4. The lowest BCUT2D eigenvalue weighted by Crippen LogP contribution is -2.78. The minimum absolute atomic E-state index is 0.00783. The number of nitrogens with one attached hydrogen (secondary N) is 1. The Morgan fingerprint density at radius 3 is 2.71 bits per heavy atom. The number of piperidine rings is 2. The number of hydrogen-bond acceptors (Lipinski definition) is 5. The van der Waals surface area contributed by atoms with Crippen molar-refractivity contribution in [1.82, 2.24) is 9.80 Å². The fourth-order valence-electron chi connectivity index (χ4n) is 8.69. The van der Waals surface area contributed by atoms with E-state index in [9.17, 15) is 9.59 Å². The summed E-state index contributed by atoms with van der Waals surface area (Å²) in [5.41, 5.74) is -0.0401. The Labute approximate surface area is 206 Å². The molecule has 3 spiro atoms. The molecule has 1 aromatic carbocycles. The van der Waals surface area contributed by atoms with Crippen LogP contribution in [0.4, 0.5) is 5.69 Å². The number of hydrogen-bond donors (Lipinski definition) is 1. The number of piperazine rings is 1. The van der Waals surface area contributed by atoms with Crippen LogP contribution in [0.5, 0.6) is 11.5 Å². The maximum atomic E-state index is 14.1. The number of ether oxygens (including phenoxy) is 2. The summed E-state index contributed by atoms with van der Waals surface area (Å²) in [6.45, 7) is 14.4. The Hall–Kier alpha value is -2.80. The average molecular weight is 476 g/mol. The number of likely N-dealkylation sites (N-methyl/N-ethyl adjacent to an activating group) is 1. The maximum Gasteiger partial charge on any atom is 0.247 e. The quantitative estimate of drug-likeness (QED) is 0.581. The molecule has 1 saturated carbocycles. The molecule has 1 N–H and O–H groups in total. The molecule has 1 aromatic rings. The smallest absolute Gasteiger partial charge is 0.247 e. The van der Waals surface area contributed by atoms with Crippen molar-refractivity contribution in [3.05, 3.63) is 42.2 Å². The van der Waals surface area contributed by atoms with Gasteiger partial charge in [-0.1, -0.05) is 26.5 Å². The Balaban J connectivity index is 1.42. The van der Waals surface area contributed by atoms with Gasteiger partial charge >= 0.3 is 0 Å². The molecule has 6 heterocycles. The zero-order valence-electron chi connectivity index (χ0n) is 21.2. The molecule has 6 aliphatic heterocycles. The summed E-state index contributed by atoms with van der Waals surface area (Å²) in [7, 11) is 1.95. The zero-order valence-corrected chi connectivity index (χ0v) is 21.2. The van der Waals surface area contributed by atoms with E-state index < -0.39 is 27.5 Å². The van der Waals surface area contributed by atoms with E-state index in [4.69, 9.17) is 9.47 Å². The molecule has 7 heteroatoms. The second-order valence-electron chi connectivity index (χ2n) is 12.6. The number of rotatable bonds is 0. The van der Waals surface area contributed by atoms with Crippen LogP contribution in [0.1, 0.15) is 52.5 Å². The van der Waals surface area contributed by atoms with Crippen molar-refractivity contribution in [3.63, 3.8) is 0 Å². The van der Waals surface area contributed by atoms with Gasteiger partial charge in [-0.15, -0.1) is 0 Å². The van der Waals surface area contributed by atoms with Gasteiger partial charge in [0.1, 0.15) is 11.1 Å². The number of carbonyl (C=O) groups excluding carboxylic acids is 2. The van der Waals surface area contributed by atoms with Crippen molar-refractivity contribution in [2.45, 2.75) is 69.1 Å². The summed E-state index contributed by atoms with van der Waals surface area (Å²) in [5, 5.41) is 3.20. The molecule has 8 rings (SSSR count). The summed E-state index contributed by atoms with van der Waals surface area (Å²) in [4.78, 5) is 32.3. The summed E-state index contributed by atoms with van der Waals surface area (Å²) < 4.78 is 12.2. The van der Waals surface area contributed by atoms with Gasteiger partial charge in [-0.25, -0.2) is 0 Å². The molecule has 0 unspecified atom stereocenters. The topological polar surface area (TPSA) is 71.1 Å². The van der Waals surface area contributed by atoms with E-state index >= 15 is 0 Å². The van der Waals surface area contributed by atoms with E-state index in [0.29, 0.717) is 23.6 Å². The van der Waals surface area contributed by atoms with Crippen LogP contribution >= 0.6 is 0 Å². The second-order valence-corrected chi connectivity index (χ2v) is 12.6. The largest absolute Gasteiger partial charge is 0.480 e. The molecule has 4 atom stereocenters. The number of fused-ring (bicyclic) bond motifs is 5. The van der Waals surface area contributed by atoms with Crippen LogP contribution in [-0.4, -0.2) is 58.4 Å². The van der Waals surface area contributed by atoms with Gasteiger partial charge in [0.05, 0.1) is 22.9 Å². The van der Waals surface area contributed by atoms with Crippen LogP contribution in [0.3, 0.4) is 0 Å². The summed E-state index contributed by atoms with van der Waals surface area (Å²) >= 11 is 0. The van der Waals surface area contributed by atoms with E-state index in [0.717, 1.165) is 37.1 Å². The van der Waals surface area contributed by atoms with Gasteiger partial charge in [0.2, 0.25) is 11.8 Å². The third kappa shape index (κ3) is 2.11. The van der Waals surface area contributed by atoms with Crippen LogP contribution in [0.15, 0.2) is 36.6 Å². The van der Waals surface area contributed by atoms with Gasteiger partial charge in [0.15, 0.2) is 11.5 Å². The lowest BCUT2D eigenvalue weighted by molar-refractivity contribution is -0.179. The van der Waals surface area contributed by atoms with Crippen molar-refractivity contribution in [3.8, 4) is 11.5 Å². The predicted molar refractivity (Wildman–Crippen MR) is 131 cm³/mol. The summed E-state index contributed by atoms with van der Waals surface area (Å²) in [6, 6.07) is 3.98. The highest BCUT2D eigenvalue weighted by molar-refractivity contribution is 6.10. The van der Waals surface area contributed by atoms with Crippen LogP contribution in [0.2, 0.25) is 0 Å². The lowest BCUT2D eigenvalue weighted by Gasteiger charge is -2.64. The fourth-order valence-corrected chi connectivity index (χ4v) is 8.69. The molecule has 184 valence electrons. The van der Waals surface area contributed by atoms with Crippen molar-refractivity contribution in [2.75, 3.05) is 25.5 Å². The minimum Gasteiger partial charge on any atom is -0.480 e. The Kier molecular flexibility index (Phi) is 3.65. The average Bonchev–Trinajstić information content (AvgIpc) is 3.29. The van der Waals surface area contributed by atoms with E-state index in [-0.39, 0.29) is 17.7 Å². The second kappa shape index (κ2) is 5.94. The van der Waals surface area contributed by atoms with Crippen LogP contribution in [-0.2, 0) is 15.0 Å². The first-order valence-electron chi connectivity index (χ1n) is 12.6. The van der Waals surface area contributed by atoms with E-state index in [1.165, 1.54) is 0 Å². The third-order valence-corrected chi connectivity index (χ3v) is 10.5. The molecule has 5 fully saturated rings. The molecule has 1 aliphatic carbocycles. The molecule has 35 heavy (non-hydrogen) atoms. The van der Waals surface area contributed by atoms with Gasteiger partial charge in [-0.3, -0.25) is 14.5 Å². The highest BCUT2D eigenvalue weighted by Gasteiger charge is 2.79. The normalized spacial score (nSPS) is 39.5. The maximum absolute atomic E-state index is 14.1. The molecule has 7 aliphatic rings. The van der Waals surface area contributed by atoms with Gasteiger partial charge in [0, 0.05) is 20.1 Å². The highest BCUT2D eigenvalue weighted by atomic mass is 16.5. The van der Waals surface area contributed by atoms with Gasteiger partial charge < -0.3 is 19.7 Å². The van der Waals surface area contributed by atoms with E-state index in [1.54, 1.807) is 6.26 Å². The van der Waals surface area contributed by atoms with E-state index in [1.807, 2.05) is 44.0 Å². The third-order valence-electron chi connectivity index (χ3n) is 10.5. The molecule has 0 radical (unpaired) electrons. The molecule has 0 aromatic heterocycles. The SMILES string of the molecule is C=C1CCN2C[C@@]34C[C@]5(C(=O)Nc6c5ccc5c6OC=CC(C)(C)O5)C(C)(C)[C@H]3C[C@@]12C(=O)N4C. The standard InChI is InChI=1S/C28H33N3O4/c1-16-9-11-31-15-26-14-27(25(4,5)19(26)13-28(16,31)23(33)30(26)6)17-7-8-18-21(20(17)29-22(27)32)34-12-10-24(2,3)35-18/h7-8,10,12,19H,1,9,11,13-15H2,2-6H3,(H,29,32)/t19-,26+,27+,28+/m1/s1. The lowest BCUT2D eigenvalue weighted by atomic mass is 9.57. The fraction of sp³-hybridized carbons (Fsp3) is 0.571. The van der Waals surface area contributed by atoms with Crippen molar-refractivity contribution in [1.29, 1.82) is 0 Å². The molecule has 7 nitrogen and oxygen atoms in total. The van der Waals surface area contributed by atoms with Crippen molar-refractivity contribution < 1.29 is 19.1 Å². The Morgan fingerprint density at radius 1 is 1.17 bits per heavy atom. The van der Waals surface area contributed by atoms with Crippen LogP contribution in [0, 0.1) is 11.3 Å². The van der Waals surface area contributed by atoms with Gasteiger partial charge in [0.25, 0.3) is 0 Å². The summed E-state index contributed by atoms with van der Waals surface area (Å²) in [5.74, 6) is 1.48. The first-order valence-corrected chi connectivity index (χ1v) is 12.6. The number of benzene rings is 1. The van der Waals surface area contributed by atoms with Crippen molar-refractivity contribution >= 4 is 17.5 Å². The number of anilines is 1. The number of carbonyl (C=O) groups is 2.